The highest BCUT2D eigenvalue weighted by atomic mass is 15.1. The van der Waals surface area contributed by atoms with Gasteiger partial charge in [0.1, 0.15) is 17.5 Å². The first kappa shape index (κ1) is 16.1. The Morgan fingerprint density at radius 2 is 1.48 bits per heavy atom. The van der Waals surface area contributed by atoms with Crippen LogP contribution in [0.1, 0.15) is 52.4 Å². The SMILES string of the molecule is CCCNc1nc(C)nc(NCC2C(C)(C)C2(C)C)c1C. The highest BCUT2D eigenvalue weighted by molar-refractivity contribution is 5.57. The Hall–Kier alpha value is -1.32. The minimum atomic E-state index is 0.402. The average molecular weight is 290 g/mol. The number of aryl methyl sites for hydroxylation is 1. The van der Waals surface area contributed by atoms with E-state index in [9.17, 15) is 0 Å². The van der Waals surface area contributed by atoms with Crippen LogP contribution in [0.15, 0.2) is 0 Å². The van der Waals surface area contributed by atoms with E-state index in [1.165, 1.54) is 0 Å². The fourth-order valence-corrected chi connectivity index (χ4v) is 3.26. The van der Waals surface area contributed by atoms with Crippen LogP contribution in [-0.2, 0) is 0 Å². The Morgan fingerprint density at radius 1 is 0.952 bits per heavy atom. The maximum atomic E-state index is 4.57. The van der Waals surface area contributed by atoms with Crippen LogP contribution in [0.25, 0.3) is 0 Å². The summed E-state index contributed by atoms with van der Waals surface area (Å²) in [5.74, 6) is 3.43. The Bertz CT molecular complexity index is 506. The average Bonchev–Trinajstić information content (AvgIpc) is 2.78. The van der Waals surface area contributed by atoms with Gasteiger partial charge in [-0.05, 0) is 37.0 Å². The van der Waals surface area contributed by atoms with Crippen molar-refractivity contribution in [3.63, 3.8) is 0 Å². The van der Waals surface area contributed by atoms with Crippen LogP contribution < -0.4 is 10.6 Å². The lowest BCUT2D eigenvalue weighted by molar-refractivity contribution is 0.457. The summed E-state index contributed by atoms with van der Waals surface area (Å²) < 4.78 is 0. The molecule has 1 fully saturated rings. The molecule has 0 amide bonds. The van der Waals surface area contributed by atoms with Gasteiger partial charge in [0.2, 0.25) is 0 Å². The first-order valence-corrected chi connectivity index (χ1v) is 8.04. The van der Waals surface area contributed by atoms with Gasteiger partial charge in [-0.25, -0.2) is 9.97 Å². The summed E-state index contributed by atoms with van der Waals surface area (Å²) in [4.78, 5) is 9.08. The van der Waals surface area contributed by atoms with Crippen LogP contribution in [0.4, 0.5) is 11.6 Å². The van der Waals surface area contributed by atoms with Crippen molar-refractivity contribution in [1.82, 2.24) is 9.97 Å². The van der Waals surface area contributed by atoms with Gasteiger partial charge in [-0.15, -0.1) is 0 Å². The Kier molecular flexibility index (Phi) is 4.18. The van der Waals surface area contributed by atoms with Crippen LogP contribution in [0, 0.1) is 30.6 Å². The molecule has 0 radical (unpaired) electrons. The van der Waals surface area contributed by atoms with Gasteiger partial charge in [-0.2, -0.15) is 0 Å². The first-order valence-electron chi connectivity index (χ1n) is 8.04. The number of nitrogens with one attached hydrogen (secondary N) is 2. The molecular weight excluding hydrogens is 260 g/mol. The summed E-state index contributed by atoms with van der Waals surface area (Å²) in [7, 11) is 0. The third-order valence-electron chi connectivity index (χ3n) is 5.59. The zero-order valence-corrected chi connectivity index (χ0v) is 14.6. The van der Waals surface area contributed by atoms with Crippen LogP contribution >= 0.6 is 0 Å². The van der Waals surface area contributed by atoms with Crippen molar-refractivity contribution in [1.29, 1.82) is 0 Å². The van der Waals surface area contributed by atoms with Crippen LogP contribution in [0.5, 0.6) is 0 Å². The zero-order chi connectivity index (χ0) is 15.8. The number of aromatic nitrogens is 2. The van der Waals surface area contributed by atoms with Gasteiger partial charge in [0.25, 0.3) is 0 Å². The fourth-order valence-electron chi connectivity index (χ4n) is 3.26. The van der Waals surface area contributed by atoms with Crippen molar-refractivity contribution in [3.05, 3.63) is 11.4 Å². The van der Waals surface area contributed by atoms with E-state index in [2.05, 4.69) is 62.1 Å². The summed E-state index contributed by atoms with van der Waals surface area (Å²) in [6, 6.07) is 0. The molecular formula is C17H30N4. The minimum absolute atomic E-state index is 0.402. The standard InChI is InChI=1S/C17H30N4/c1-8-9-18-14-11(2)15(21-12(3)20-14)19-10-13-16(4,5)17(13,6)7/h13H,8-10H2,1-7H3,(H2,18,19,20,21). The molecule has 0 spiro atoms. The van der Waals surface area contributed by atoms with E-state index in [0.717, 1.165) is 42.5 Å². The number of hydrogen-bond donors (Lipinski definition) is 2. The van der Waals surface area contributed by atoms with Crippen molar-refractivity contribution in [3.8, 4) is 0 Å². The van der Waals surface area contributed by atoms with Crippen molar-refractivity contribution < 1.29 is 0 Å². The fraction of sp³-hybridized carbons (Fsp3) is 0.765. The second-order valence-electron chi connectivity index (χ2n) is 7.40. The van der Waals surface area contributed by atoms with E-state index >= 15 is 0 Å². The second kappa shape index (κ2) is 5.47. The highest BCUT2D eigenvalue weighted by Gasteiger charge is 2.64. The molecule has 2 rings (SSSR count). The van der Waals surface area contributed by atoms with Crippen LogP contribution in [0.3, 0.4) is 0 Å². The summed E-state index contributed by atoms with van der Waals surface area (Å²) >= 11 is 0. The third-order valence-corrected chi connectivity index (χ3v) is 5.59. The molecule has 2 N–H and O–H groups in total. The molecule has 1 aliphatic rings. The maximum absolute atomic E-state index is 4.57. The number of nitrogens with zero attached hydrogens (tertiary/aromatic N) is 2. The van der Waals surface area contributed by atoms with Gasteiger partial charge >= 0.3 is 0 Å². The van der Waals surface area contributed by atoms with E-state index in [0.29, 0.717) is 16.7 Å². The van der Waals surface area contributed by atoms with E-state index in [4.69, 9.17) is 0 Å². The molecule has 1 saturated carbocycles. The predicted molar refractivity (Wildman–Crippen MR) is 89.8 cm³/mol. The van der Waals surface area contributed by atoms with Crippen LogP contribution in [0.2, 0.25) is 0 Å². The molecule has 118 valence electrons. The highest BCUT2D eigenvalue weighted by Crippen LogP contribution is 2.68. The molecule has 1 aromatic heterocycles. The lowest BCUT2D eigenvalue weighted by Crippen LogP contribution is -2.14. The quantitative estimate of drug-likeness (QED) is 0.831. The topological polar surface area (TPSA) is 49.8 Å². The van der Waals surface area contributed by atoms with Crippen LogP contribution in [-0.4, -0.2) is 23.1 Å². The molecule has 21 heavy (non-hydrogen) atoms. The molecule has 0 aromatic carbocycles. The van der Waals surface area contributed by atoms with Crippen molar-refractivity contribution in [2.45, 2.75) is 54.9 Å². The minimum Gasteiger partial charge on any atom is -0.370 e. The van der Waals surface area contributed by atoms with Gasteiger partial charge in [-0.1, -0.05) is 34.6 Å². The lowest BCUT2D eigenvalue weighted by atomic mass is 10.0. The number of anilines is 2. The van der Waals surface area contributed by atoms with E-state index in [1.807, 2.05) is 6.92 Å². The van der Waals surface area contributed by atoms with Gasteiger partial charge in [0.05, 0.1) is 0 Å². The zero-order valence-electron chi connectivity index (χ0n) is 14.6. The summed E-state index contributed by atoms with van der Waals surface area (Å²) in [6.45, 7) is 17.5. The molecule has 1 aliphatic carbocycles. The van der Waals surface area contributed by atoms with Crippen molar-refractivity contribution in [2.75, 3.05) is 23.7 Å². The predicted octanol–water partition coefficient (Wildman–Crippen LogP) is 4.01. The molecule has 0 atom stereocenters. The Morgan fingerprint density at radius 3 is 1.95 bits per heavy atom. The van der Waals surface area contributed by atoms with E-state index in [1.54, 1.807) is 0 Å². The van der Waals surface area contributed by atoms with Gasteiger partial charge in [-0.3, -0.25) is 0 Å². The summed E-state index contributed by atoms with van der Waals surface area (Å²) in [6.07, 6.45) is 1.09. The number of rotatable bonds is 6. The first-order chi connectivity index (χ1) is 9.71. The second-order valence-corrected chi connectivity index (χ2v) is 7.40. The molecule has 1 heterocycles. The van der Waals surface area contributed by atoms with Gasteiger partial charge < -0.3 is 10.6 Å². The van der Waals surface area contributed by atoms with Gasteiger partial charge in [0, 0.05) is 18.7 Å². The smallest absolute Gasteiger partial charge is 0.134 e. The molecule has 4 nitrogen and oxygen atoms in total. The molecule has 0 aliphatic heterocycles. The van der Waals surface area contributed by atoms with Gasteiger partial charge in [0.15, 0.2) is 0 Å². The van der Waals surface area contributed by atoms with Crippen molar-refractivity contribution in [2.24, 2.45) is 16.7 Å². The van der Waals surface area contributed by atoms with Crippen molar-refractivity contribution >= 4 is 11.6 Å². The van der Waals surface area contributed by atoms with E-state index < -0.39 is 0 Å². The van der Waals surface area contributed by atoms with E-state index in [-0.39, 0.29) is 0 Å². The Balaban J connectivity index is 2.09. The molecule has 0 unspecified atom stereocenters. The molecule has 4 heteroatoms. The summed E-state index contributed by atoms with van der Waals surface area (Å²) in [5, 5.41) is 6.94. The molecule has 0 saturated heterocycles. The monoisotopic (exact) mass is 290 g/mol. The largest absolute Gasteiger partial charge is 0.370 e. The Labute approximate surface area is 129 Å². The maximum Gasteiger partial charge on any atom is 0.134 e. The molecule has 1 aromatic rings. The number of hydrogen-bond acceptors (Lipinski definition) is 4. The third kappa shape index (κ3) is 2.85. The molecule has 0 bridgehead atoms. The lowest BCUT2D eigenvalue weighted by Gasteiger charge is -2.14. The normalized spacial score (nSPS) is 19.4. The summed E-state index contributed by atoms with van der Waals surface area (Å²) in [5.41, 5.74) is 1.92.